The van der Waals surface area contributed by atoms with Gasteiger partial charge in [0, 0.05) is 17.6 Å². The second kappa shape index (κ2) is 3.91. The molecule has 0 aliphatic heterocycles. The quantitative estimate of drug-likeness (QED) is 0.781. The van der Waals surface area contributed by atoms with Crippen molar-refractivity contribution in [2.24, 2.45) is 0 Å². The lowest BCUT2D eigenvalue weighted by molar-refractivity contribution is 0.414. The zero-order valence-corrected chi connectivity index (χ0v) is 11.2. The Kier molecular flexibility index (Phi) is 2.47. The number of benzene rings is 1. The van der Waals surface area contributed by atoms with E-state index in [0.29, 0.717) is 5.41 Å². The topological polar surface area (TPSA) is 14.2 Å². The predicted octanol–water partition coefficient (Wildman–Crippen LogP) is 3.71. The summed E-state index contributed by atoms with van der Waals surface area (Å²) in [5.41, 5.74) is 4.51. The van der Waals surface area contributed by atoms with Crippen LogP contribution in [0.1, 0.15) is 31.5 Å². The molecule has 1 aromatic heterocycles. The van der Waals surface area contributed by atoms with Crippen LogP contribution in [0.15, 0.2) is 36.5 Å². The Morgan fingerprint density at radius 3 is 2.50 bits per heavy atom. The molecule has 3 rings (SSSR count). The lowest BCUT2D eigenvalue weighted by Crippen LogP contribution is -2.10. The highest BCUT2D eigenvalue weighted by Crippen LogP contribution is 2.39. The van der Waals surface area contributed by atoms with Crippen LogP contribution in [0.3, 0.4) is 0 Å². The van der Waals surface area contributed by atoms with E-state index in [2.05, 4.69) is 42.8 Å². The lowest BCUT2D eigenvalue weighted by atomic mass is 9.88. The molecule has 0 saturated carbocycles. The first-order valence-corrected chi connectivity index (χ1v) is 6.47. The average molecular weight is 241 g/mol. The van der Waals surface area contributed by atoms with Gasteiger partial charge in [-0.2, -0.15) is 0 Å². The highest BCUT2D eigenvalue weighted by molar-refractivity contribution is 5.45. The molecule has 2 heteroatoms. The Balaban J connectivity index is 2.03. The minimum Gasteiger partial charge on any atom is -0.497 e. The van der Waals surface area contributed by atoms with Crippen molar-refractivity contribution in [2.45, 2.75) is 32.1 Å². The first kappa shape index (κ1) is 11.4. The van der Waals surface area contributed by atoms with Crippen molar-refractivity contribution in [3.8, 4) is 11.4 Å². The van der Waals surface area contributed by atoms with Crippen molar-refractivity contribution in [2.75, 3.05) is 7.11 Å². The van der Waals surface area contributed by atoms with E-state index in [9.17, 15) is 0 Å². The normalized spacial score (nSPS) is 16.6. The Morgan fingerprint density at radius 1 is 1.11 bits per heavy atom. The molecule has 94 valence electrons. The summed E-state index contributed by atoms with van der Waals surface area (Å²) in [6.45, 7) is 4.66. The zero-order chi connectivity index (χ0) is 12.8. The van der Waals surface area contributed by atoms with Gasteiger partial charge in [-0.25, -0.2) is 0 Å². The number of ether oxygens (including phenoxy) is 1. The third-order valence-electron chi connectivity index (χ3n) is 4.06. The number of aromatic nitrogens is 1. The van der Waals surface area contributed by atoms with Crippen molar-refractivity contribution in [1.82, 2.24) is 4.57 Å². The van der Waals surface area contributed by atoms with E-state index in [1.54, 1.807) is 7.11 Å². The van der Waals surface area contributed by atoms with Gasteiger partial charge in [0.1, 0.15) is 5.75 Å². The van der Waals surface area contributed by atoms with Crippen LogP contribution >= 0.6 is 0 Å². The maximum absolute atomic E-state index is 5.20. The summed E-state index contributed by atoms with van der Waals surface area (Å²) in [5, 5.41) is 0. The Hall–Kier alpha value is -1.70. The van der Waals surface area contributed by atoms with Gasteiger partial charge in [-0.05, 0) is 54.2 Å². The van der Waals surface area contributed by atoms with Crippen LogP contribution in [0.25, 0.3) is 5.69 Å². The molecule has 0 amide bonds. The maximum Gasteiger partial charge on any atom is 0.119 e. The largest absolute Gasteiger partial charge is 0.497 e. The average Bonchev–Trinajstić information content (AvgIpc) is 2.92. The van der Waals surface area contributed by atoms with E-state index >= 15 is 0 Å². The first-order valence-electron chi connectivity index (χ1n) is 6.47. The second-order valence-electron chi connectivity index (χ2n) is 5.63. The minimum absolute atomic E-state index is 0.326. The molecule has 2 aromatic rings. The van der Waals surface area contributed by atoms with Crippen LogP contribution in [-0.2, 0) is 11.8 Å². The van der Waals surface area contributed by atoms with Crippen LogP contribution in [0.4, 0.5) is 0 Å². The summed E-state index contributed by atoms with van der Waals surface area (Å²) in [4.78, 5) is 0. The first-order chi connectivity index (χ1) is 8.62. The number of hydrogen-bond donors (Lipinski definition) is 0. The smallest absolute Gasteiger partial charge is 0.119 e. The van der Waals surface area contributed by atoms with Gasteiger partial charge in [-0.3, -0.25) is 0 Å². The molecule has 1 aromatic carbocycles. The van der Waals surface area contributed by atoms with Crippen LogP contribution < -0.4 is 4.74 Å². The Morgan fingerprint density at radius 2 is 1.83 bits per heavy atom. The van der Waals surface area contributed by atoms with E-state index in [1.165, 1.54) is 29.8 Å². The fourth-order valence-corrected chi connectivity index (χ4v) is 2.89. The minimum atomic E-state index is 0.326. The number of hydrogen-bond acceptors (Lipinski definition) is 1. The third-order valence-corrected chi connectivity index (χ3v) is 4.06. The summed E-state index contributed by atoms with van der Waals surface area (Å²) < 4.78 is 7.51. The third kappa shape index (κ3) is 1.64. The highest BCUT2D eigenvalue weighted by atomic mass is 16.5. The van der Waals surface area contributed by atoms with Crippen molar-refractivity contribution in [3.63, 3.8) is 0 Å². The molecule has 1 aliphatic carbocycles. The molecule has 0 fully saturated rings. The van der Waals surface area contributed by atoms with Crippen molar-refractivity contribution in [1.29, 1.82) is 0 Å². The van der Waals surface area contributed by atoms with Gasteiger partial charge in [0.25, 0.3) is 0 Å². The van der Waals surface area contributed by atoms with Crippen LogP contribution in [0, 0.1) is 0 Å². The number of nitrogens with zero attached hydrogens (tertiary/aromatic N) is 1. The summed E-state index contributed by atoms with van der Waals surface area (Å²) in [6.07, 6.45) is 4.60. The molecule has 0 unspecified atom stereocenters. The summed E-state index contributed by atoms with van der Waals surface area (Å²) in [5.74, 6) is 0.905. The van der Waals surface area contributed by atoms with Gasteiger partial charge in [-0.15, -0.1) is 0 Å². The van der Waals surface area contributed by atoms with Gasteiger partial charge in [0.2, 0.25) is 0 Å². The molecule has 1 heterocycles. The Bertz CT molecular complexity index is 563. The van der Waals surface area contributed by atoms with Crippen molar-refractivity contribution >= 4 is 0 Å². The molecule has 18 heavy (non-hydrogen) atoms. The molecule has 0 radical (unpaired) electrons. The predicted molar refractivity (Wildman–Crippen MR) is 73.7 cm³/mol. The van der Waals surface area contributed by atoms with E-state index in [4.69, 9.17) is 4.74 Å². The van der Waals surface area contributed by atoms with Gasteiger partial charge >= 0.3 is 0 Å². The molecule has 0 atom stereocenters. The molecule has 0 N–H and O–H groups in total. The van der Waals surface area contributed by atoms with Crippen LogP contribution in [-0.4, -0.2) is 11.7 Å². The molecule has 2 nitrogen and oxygen atoms in total. The summed E-state index contributed by atoms with van der Waals surface area (Å²) in [7, 11) is 1.70. The number of fused-ring (bicyclic) bond motifs is 1. The molecule has 0 spiro atoms. The van der Waals surface area contributed by atoms with E-state index < -0.39 is 0 Å². The molecule has 0 bridgehead atoms. The number of methoxy groups -OCH3 is 1. The second-order valence-corrected chi connectivity index (χ2v) is 5.63. The Labute approximate surface area is 108 Å². The van der Waals surface area contributed by atoms with E-state index in [0.717, 1.165) is 5.75 Å². The standard InChI is InChI=1S/C16H19NO/c1-16(2)10-8-15-14(16)9-11-17(15)12-4-6-13(18-3)7-5-12/h4-7,9,11H,8,10H2,1-3H3. The van der Waals surface area contributed by atoms with Gasteiger partial charge in [0.15, 0.2) is 0 Å². The van der Waals surface area contributed by atoms with Crippen LogP contribution in [0.5, 0.6) is 5.75 Å². The van der Waals surface area contributed by atoms with Gasteiger partial charge in [0.05, 0.1) is 7.11 Å². The fourth-order valence-electron chi connectivity index (χ4n) is 2.89. The molecule has 0 saturated heterocycles. The molecular formula is C16H19NO. The molecular weight excluding hydrogens is 222 g/mol. The number of rotatable bonds is 2. The summed E-state index contributed by atoms with van der Waals surface area (Å²) in [6, 6.07) is 10.5. The fraction of sp³-hybridized carbons (Fsp3) is 0.375. The van der Waals surface area contributed by atoms with Gasteiger partial charge in [-0.1, -0.05) is 13.8 Å². The maximum atomic E-state index is 5.20. The SMILES string of the molecule is COc1ccc(-n2ccc3c2CCC3(C)C)cc1. The summed E-state index contributed by atoms with van der Waals surface area (Å²) >= 11 is 0. The van der Waals surface area contributed by atoms with E-state index in [1.807, 2.05) is 12.1 Å². The lowest BCUT2D eigenvalue weighted by Gasteiger charge is -2.16. The van der Waals surface area contributed by atoms with Crippen molar-refractivity contribution in [3.05, 3.63) is 47.8 Å². The van der Waals surface area contributed by atoms with Crippen molar-refractivity contribution < 1.29 is 4.74 Å². The zero-order valence-electron chi connectivity index (χ0n) is 11.2. The van der Waals surface area contributed by atoms with Crippen LogP contribution in [0.2, 0.25) is 0 Å². The van der Waals surface area contributed by atoms with E-state index in [-0.39, 0.29) is 0 Å². The van der Waals surface area contributed by atoms with Gasteiger partial charge < -0.3 is 9.30 Å². The monoisotopic (exact) mass is 241 g/mol. The molecule has 1 aliphatic rings. The highest BCUT2D eigenvalue weighted by Gasteiger charge is 2.32.